The lowest BCUT2D eigenvalue weighted by Crippen LogP contribution is -2.18. The third-order valence-electron chi connectivity index (χ3n) is 5.15. The molecule has 0 spiro atoms. The number of nitrogens with zero attached hydrogens (tertiary/aromatic N) is 2. The number of carboxylic acids is 1. The highest BCUT2D eigenvalue weighted by Gasteiger charge is 2.50. The van der Waals surface area contributed by atoms with Crippen LogP contribution in [0.2, 0.25) is 0 Å². The van der Waals surface area contributed by atoms with Crippen molar-refractivity contribution in [3.63, 3.8) is 0 Å². The predicted octanol–water partition coefficient (Wildman–Crippen LogP) is 3.64. The van der Waals surface area contributed by atoms with Gasteiger partial charge in [-0.25, -0.2) is 4.39 Å². The molecular weight excluding hydrogens is 361 g/mol. The van der Waals surface area contributed by atoms with Gasteiger partial charge in [0.2, 0.25) is 0 Å². The molecule has 0 unspecified atom stereocenters. The molecule has 0 radical (unpaired) electrons. The summed E-state index contributed by atoms with van der Waals surface area (Å²) in [6.07, 6.45) is 5.12. The number of carboxylic acid groups (broad SMARTS) is 1. The van der Waals surface area contributed by atoms with Crippen molar-refractivity contribution in [3.05, 3.63) is 65.7 Å². The number of halogens is 1. The zero-order valence-electron chi connectivity index (χ0n) is 15.2. The Morgan fingerprint density at radius 3 is 2.68 bits per heavy atom. The third kappa shape index (κ3) is 3.74. The number of carbonyl (C=O) groups is 1. The molecule has 3 aromatic rings. The zero-order valence-corrected chi connectivity index (χ0v) is 15.2. The number of benzene rings is 1. The Kier molecular flexibility index (Phi) is 4.81. The van der Waals surface area contributed by atoms with Crippen LogP contribution in [0.5, 0.6) is 5.75 Å². The molecule has 0 saturated heterocycles. The van der Waals surface area contributed by atoms with Crippen LogP contribution in [0.3, 0.4) is 0 Å². The first kappa shape index (κ1) is 18.2. The zero-order chi connectivity index (χ0) is 19.6. The second-order valence-electron chi connectivity index (χ2n) is 7.10. The second kappa shape index (κ2) is 7.42. The van der Waals surface area contributed by atoms with Crippen molar-refractivity contribution >= 4 is 5.97 Å². The highest BCUT2D eigenvalue weighted by molar-refractivity contribution is 5.78. The number of H-pyrrole nitrogens is 1. The fraction of sp³-hybridized carbons (Fsp3) is 0.286. The Hall–Kier alpha value is -3.22. The van der Waals surface area contributed by atoms with Gasteiger partial charge in [0.1, 0.15) is 11.6 Å². The summed E-state index contributed by atoms with van der Waals surface area (Å²) in [6.45, 7) is 0.301. The lowest BCUT2D eigenvalue weighted by atomic mass is 9.94. The molecule has 0 aliphatic heterocycles. The largest absolute Gasteiger partial charge is 0.492 e. The van der Waals surface area contributed by atoms with E-state index in [1.807, 2.05) is 12.1 Å². The van der Waals surface area contributed by atoms with E-state index in [9.17, 15) is 14.3 Å². The van der Waals surface area contributed by atoms with E-state index in [0.717, 1.165) is 11.4 Å². The summed E-state index contributed by atoms with van der Waals surface area (Å²) in [7, 11) is 0. The molecule has 2 aromatic heterocycles. The molecule has 1 aliphatic rings. The Bertz CT molecular complexity index is 967. The molecule has 6 nitrogen and oxygen atoms in total. The third-order valence-corrected chi connectivity index (χ3v) is 5.15. The van der Waals surface area contributed by atoms with Crippen LogP contribution >= 0.6 is 0 Å². The molecule has 2 N–H and O–H groups in total. The van der Waals surface area contributed by atoms with E-state index >= 15 is 0 Å². The van der Waals surface area contributed by atoms with Crippen molar-refractivity contribution in [1.29, 1.82) is 0 Å². The van der Waals surface area contributed by atoms with Crippen LogP contribution in [0.25, 0.3) is 11.4 Å². The topological polar surface area (TPSA) is 88.1 Å². The van der Waals surface area contributed by atoms with Crippen molar-refractivity contribution in [3.8, 4) is 17.1 Å². The number of rotatable bonds is 8. The summed E-state index contributed by atoms with van der Waals surface area (Å²) in [4.78, 5) is 15.7. The molecular formula is C21H20FN3O3. The van der Waals surface area contributed by atoms with E-state index in [2.05, 4.69) is 15.2 Å². The van der Waals surface area contributed by atoms with E-state index in [-0.39, 0.29) is 12.2 Å². The van der Waals surface area contributed by atoms with Crippen LogP contribution in [0.4, 0.5) is 4.39 Å². The van der Waals surface area contributed by atoms with Crippen LogP contribution in [0, 0.1) is 11.2 Å². The van der Waals surface area contributed by atoms with Crippen LogP contribution in [-0.2, 0) is 17.6 Å². The average Bonchev–Trinajstić information content (AvgIpc) is 3.28. The summed E-state index contributed by atoms with van der Waals surface area (Å²) in [6, 6.07) is 10.6. The maximum atomic E-state index is 14.8. The van der Waals surface area contributed by atoms with Crippen LogP contribution in [0.15, 0.2) is 48.8 Å². The van der Waals surface area contributed by atoms with Crippen molar-refractivity contribution in [2.45, 2.75) is 25.7 Å². The predicted molar refractivity (Wildman–Crippen MR) is 100 cm³/mol. The number of nitrogens with one attached hydrogen (secondary N) is 1. The summed E-state index contributed by atoms with van der Waals surface area (Å²) >= 11 is 0. The van der Waals surface area contributed by atoms with Crippen LogP contribution in [0.1, 0.15) is 24.0 Å². The van der Waals surface area contributed by atoms with Crippen molar-refractivity contribution < 1.29 is 19.0 Å². The van der Waals surface area contributed by atoms with Gasteiger partial charge in [-0.2, -0.15) is 5.10 Å². The maximum Gasteiger partial charge on any atom is 0.309 e. The standard InChI is InChI=1S/C21H20FN3O3/c22-19-14(2-1-3-15(19)12-21(8-9-21)20(26)27)7-11-28-16-4-5-17(23-13-16)18-6-10-24-25-18/h1-6,10,13H,7-9,11-12H2,(H,24,25)(H,26,27). The Morgan fingerprint density at radius 1 is 1.21 bits per heavy atom. The van der Waals surface area contributed by atoms with Gasteiger partial charge in [0.05, 0.1) is 29.6 Å². The molecule has 1 aliphatic carbocycles. The minimum absolute atomic E-state index is 0.238. The average molecular weight is 381 g/mol. The first-order valence-electron chi connectivity index (χ1n) is 9.16. The fourth-order valence-corrected chi connectivity index (χ4v) is 3.25. The molecule has 28 heavy (non-hydrogen) atoms. The lowest BCUT2D eigenvalue weighted by Gasteiger charge is -2.13. The normalized spacial score (nSPS) is 14.6. The monoisotopic (exact) mass is 381 g/mol. The summed E-state index contributed by atoms with van der Waals surface area (Å²) in [5.41, 5.74) is 1.79. The van der Waals surface area contributed by atoms with Crippen molar-refractivity contribution in [1.82, 2.24) is 15.2 Å². The van der Waals surface area contributed by atoms with E-state index in [1.54, 1.807) is 36.7 Å². The van der Waals surface area contributed by atoms with E-state index in [0.29, 0.717) is 42.7 Å². The Labute approximate surface area is 161 Å². The van der Waals surface area contributed by atoms with Crippen LogP contribution < -0.4 is 4.74 Å². The van der Waals surface area contributed by atoms with Gasteiger partial charge < -0.3 is 9.84 Å². The van der Waals surface area contributed by atoms with Gasteiger partial charge in [0, 0.05) is 12.6 Å². The lowest BCUT2D eigenvalue weighted by molar-refractivity contribution is -0.143. The van der Waals surface area contributed by atoms with Gasteiger partial charge in [-0.3, -0.25) is 14.9 Å². The number of pyridine rings is 1. The van der Waals surface area contributed by atoms with Gasteiger partial charge in [-0.1, -0.05) is 18.2 Å². The smallest absolute Gasteiger partial charge is 0.309 e. The van der Waals surface area contributed by atoms with Gasteiger partial charge in [-0.05, 0) is 48.6 Å². The van der Waals surface area contributed by atoms with Gasteiger partial charge in [-0.15, -0.1) is 0 Å². The van der Waals surface area contributed by atoms with E-state index in [1.165, 1.54) is 0 Å². The Morgan fingerprint density at radius 2 is 2.04 bits per heavy atom. The molecule has 2 heterocycles. The number of aromatic nitrogens is 3. The van der Waals surface area contributed by atoms with Gasteiger partial charge in [0.25, 0.3) is 0 Å². The molecule has 4 rings (SSSR count). The molecule has 144 valence electrons. The minimum Gasteiger partial charge on any atom is -0.492 e. The number of hydrogen-bond acceptors (Lipinski definition) is 4. The van der Waals surface area contributed by atoms with E-state index < -0.39 is 11.4 Å². The molecule has 0 atom stereocenters. The molecule has 1 aromatic carbocycles. The summed E-state index contributed by atoms with van der Waals surface area (Å²) < 4.78 is 20.4. The number of aliphatic carboxylic acids is 1. The molecule has 7 heteroatoms. The fourth-order valence-electron chi connectivity index (χ4n) is 3.25. The van der Waals surface area contributed by atoms with E-state index in [4.69, 9.17) is 4.74 Å². The number of ether oxygens (including phenoxy) is 1. The number of aromatic amines is 1. The molecule has 0 amide bonds. The van der Waals surface area contributed by atoms with Gasteiger partial charge in [0.15, 0.2) is 0 Å². The molecule has 1 fully saturated rings. The minimum atomic E-state index is -0.841. The molecule has 0 bridgehead atoms. The maximum absolute atomic E-state index is 14.8. The van der Waals surface area contributed by atoms with Crippen LogP contribution in [-0.4, -0.2) is 32.9 Å². The summed E-state index contributed by atoms with van der Waals surface area (Å²) in [5.74, 6) is -0.569. The quantitative estimate of drug-likeness (QED) is 0.622. The molecule has 1 saturated carbocycles. The van der Waals surface area contributed by atoms with Crippen molar-refractivity contribution in [2.24, 2.45) is 5.41 Å². The SMILES string of the molecule is O=C(O)C1(Cc2cccc(CCOc3ccc(-c4ccn[nH]4)nc3)c2F)CC1. The number of hydrogen-bond donors (Lipinski definition) is 2. The second-order valence-corrected chi connectivity index (χ2v) is 7.10. The first-order valence-corrected chi connectivity index (χ1v) is 9.16. The Balaban J connectivity index is 1.36. The highest BCUT2D eigenvalue weighted by Crippen LogP contribution is 2.49. The first-order chi connectivity index (χ1) is 13.6. The summed E-state index contributed by atoms with van der Waals surface area (Å²) in [5, 5.41) is 16.1. The van der Waals surface area contributed by atoms with Crippen molar-refractivity contribution in [2.75, 3.05) is 6.61 Å². The highest BCUT2D eigenvalue weighted by atomic mass is 19.1. The van der Waals surface area contributed by atoms with Gasteiger partial charge >= 0.3 is 5.97 Å².